The van der Waals surface area contributed by atoms with Crippen LogP contribution < -0.4 is 0 Å². The molecule has 3 rings (SSSR count). The Bertz CT molecular complexity index is 699. The zero-order chi connectivity index (χ0) is 13.2. The van der Waals surface area contributed by atoms with Crippen LogP contribution in [0.3, 0.4) is 0 Å². The molecule has 0 bridgehead atoms. The highest BCUT2D eigenvalue weighted by Gasteiger charge is 2.11. The largest absolute Gasteiger partial charge is 0.334 e. The first-order valence-corrected chi connectivity index (χ1v) is 6.10. The fraction of sp³-hybridized carbons (Fsp3) is 0.214. The molecule has 0 radical (unpaired) electrons. The van der Waals surface area contributed by atoms with Gasteiger partial charge in [0.1, 0.15) is 5.82 Å². The second kappa shape index (κ2) is 4.68. The summed E-state index contributed by atoms with van der Waals surface area (Å²) in [5, 5.41) is 4.01. The van der Waals surface area contributed by atoms with Gasteiger partial charge in [0, 0.05) is 18.0 Å². The van der Waals surface area contributed by atoms with Gasteiger partial charge in [-0.2, -0.15) is 4.98 Å². The summed E-state index contributed by atoms with van der Waals surface area (Å²) in [6.07, 6.45) is 3.66. The van der Waals surface area contributed by atoms with E-state index >= 15 is 0 Å². The van der Waals surface area contributed by atoms with Crippen LogP contribution >= 0.6 is 0 Å². The van der Waals surface area contributed by atoms with Gasteiger partial charge in [-0.05, 0) is 25.5 Å². The van der Waals surface area contributed by atoms with Gasteiger partial charge in [-0.1, -0.05) is 23.4 Å². The highest BCUT2D eigenvalue weighted by atomic mass is 16.5. The van der Waals surface area contributed by atoms with Crippen LogP contribution in [0, 0.1) is 13.8 Å². The molecule has 19 heavy (non-hydrogen) atoms. The van der Waals surface area contributed by atoms with E-state index in [1.165, 1.54) is 0 Å². The van der Waals surface area contributed by atoms with Gasteiger partial charge < -0.3 is 9.09 Å². The Hall–Kier alpha value is -2.43. The molecule has 0 aliphatic heterocycles. The molecule has 0 aliphatic carbocycles. The minimum absolute atomic E-state index is 0.561. The molecule has 2 heterocycles. The molecule has 0 aliphatic rings. The minimum atomic E-state index is 0.561. The summed E-state index contributed by atoms with van der Waals surface area (Å²) in [6, 6.07) is 7.96. The van der Waals surface area contributed by atoms with Crippen molar-refractivity contribution in [3.8, 4) is 11.5 Å². The molecule has 0 spiro atoms. The second-order valence-electron chi connectivity index (χ2n) is 4.43. The molecule has 5 nitrogen and oxygen atoms in total. The monoisotopic (exact) mass is 254 g/mol. The lowest BCUT2D eigenvalue weighted by Gasteiger charge is -1.99. The lowest BCUT2D eigenvalue weighted by atomic mass is 10.1. The topological polar surface area (TPSA) is 56.7 Å². The summed E-state index contributed by atoms with van der Waals surface area (Å²) in [4.78, 5) is 8.60. The van der Waals surface area contributed by atoms with Crippen LogP contribution in [0.5, 0.6) is 0 Å². The minimum Gasteiger partial charge on any atom is -0.334 e. The van der Waals surface area contributed by atoms with E-state index in [4.69, 9.17) is 4.52 Å². The van der Waals surface area contributed by atoms with Gasteiger partial charge >= 0.3 is 0 Å². The average molecular weight is 254 g/mol. The summed E-state index contributed by atoms with van der Waals surface area (Å²) in [7, 11) is 0. The highest BCUT2D eigenvalue weighted by Crippen LogP contribution is 2.21. The third-order valence-electron chi connectivity index (χ3n) is 3.08. The molecule has 96 valence electrons. The highest BCUT2D eigenvalue weighted by molar-refractivity contribution is 5.57. The molecule has 1 aromatic carbocycles. The SMILES string of the molecule is Cc1ccccc1-c1nc(Cn2ccnc2C)no1. The normalized spacial score (nSPS) is 10.8. The third kappa shape index (κ3) is 2.27. The Kier molecular flexibility index (Phi) is 2.87. The molecule has 0 unspecified atom stereocenters. The fourth-order valence-electron chi connectivity index (χ4n) is 1.96. The van der Waals surface area contributed by atoms with E-state index in [2.05, 4.69) is 15.1 Å². The first-order valence-electron chi connectivity index (χ1n) is 6.10. The number of benzene rings is 1. The number of aromatic nitrogens is 4. The number of rotatable bonds is 3. The molecule has 0 atom stereocenters. The van der Waals surface area contributed by atoms with Gasteiger partial charge in [-0.25, -0.2) is 4.98 Å². The summed E-state index contributed by atoms with van der Waals surface area (Å²) >= 11 is 0. The summed E-state index contributed by atoms with van der Waals surface area (Å²) in [5.41, 5.74) is 2.10. The number of hydrogen-bond donors (Lipinski definition) is 0. The Morgan fingerprint density at radius 2 is 2.05 bits per heavy atom. The van der Waals surface area contributed by atoms with Crippen LogP contribution in [-0.4, -0.2) is 19.7 Å². The van der Waals surface area contributed by atoms with Crippen molar-refractivity contribution in [2.45, 2.75) is 20.4 Å². The van der Waals surface area contributed by atoms with Crippen molar-refractivity contribution in [3.63, 3.8) is 0 Å². The van der Waals surface area contributed by atoms with Gasteiger partial charge in [-0.3, -0.25) is 0 Å². The molecular weight excluding hydrogens is 240 g/mol. The molecular formula is C14H14N4O. The first-order chi connectivity index (χ1) is 9.24. The van der Waals surface area contributed by atoms with E-state index in [1.807, 2.05) is 48.9 Å². The summed E-state index contributed by atoms with van der Waals surface area (Å²) in [6.45, 7) is 4.54. The maximum atomic E-state index is 5.33. The lowest BCUT2D eigenvalue weighted by Crippen LogP contribution is -2.02. The van der Waals surface area contributed by atoms with Crippen molar-refractivity contribution >= 4 is 0 Å². The smallest absolute Gasteiger partial charge is 0.258 e. The number of hydrogen-bond acceptors (Lipinski definition) is 4. The van der Waals surface area contributed by atoms with Crippen LogP contribution in [0.25, 0.3) is 11.5 Å². The third-order valence-corrected chi connectivity index (χ3v) is 3.08. The standard InChI is InChI=1S/C14H14N4O/c1-10-5-3-4-6-12(10)14-16-13(17-19-14)9-18-8-7-15-11(18)2/h3-8H,9H2,1-2H3. The van der Waals surface area contributed by atoms with Crippen molar-refractivity contribution in [2.24, 2.45) is 0 Å². The van der Waals surface area contributed by atoms with Gasteiger partial charge in [0.2, 0.25) is 0 Å². The first kappa shape index (κ1) is 11.6. The van der Waals surface area contributed by atoms with E-state index < -0.39 is 0 Å². The maximum absolute atomic E-state index is 5.33. The molecule has 0 N–H and O–H groups in total. The Morgan fingerprint density at radius 1 is 1.21 bits per heavy atom. The zero-order valence-corrected chi connectivity index (χ0v) is 10.9. The number of aryl methyl sites for hydroxylation is 2. The molecule has 0 fully saturated rings. The Balaban J connectivity index is 1.88. The van der Waals surface area contributed by atoms with Crippen LogP contribution in [0.15, 0.2) is 41.2 Å². The molecule has 3 aromatic rings. The van der Waals surface area contributed by atoms with E-state index in [0.717, 1.165) is 17.0 Å². The summed E-state index contributed by atoms with van der Waals surface area (Å²) in [5.74, 6) is 2.15. The van der Waals surface area contributed by atoms with Crippen molar-refractivity contribution in [1.82, 2.24) is 19.7 Å². The second-order valence-corrected chi connectivity index (χ2v) is 4.43. The Labute approximate surface area is 110 Å². The van der Waals surface area contributed by atoms with E-state index in [9.17, 15) is 0 Å². The van der Waals surface area contributed by atoms with Crippen molar-refractivity contribution in [2.75, 3.05) is 0 Å². The van der Waals surface area contributed by atoms with Crippen molar-refractivity contribution < 1.29 is 4.52 Å². The van der Waals surface area contributed by atoms with E-state index in [0.29, 0.717) is 18.3 Å². The van der Waals surface area contributed by atoms with Gasteiger partial charge in [0.05, 0.1) is 6.54 Å². The lowest BCUT2D eigenvalue weighted by molar-refractivity contribution is 0.420. The van der Waals surface area contributed by atoms with Gasteiger partial charge in [-0.15, -0.1) is 0 Å². The molecule has 5 heteroatoms. The van der Waals surface area contributed by atoms with Crippen LogP contribution in [-0.2, 0) is 6.54 Å². The maximum Gasteiger partial charge on any atom is 0.258 e. The molecule has 2 aromatic heterocycles. The fourth-order valence-corrected chi connectivity index (χ4v) is 1.96. The van der Waals surface area contributed by atoms with E-state index in [-0.39, 0.29) is 0 Å². The quantitative estimate of drug-likeness (QED) is 0.721. The predicted molar refractivity (Wildman–Crippen MR) is 70.5 cm³/mol. The molecule has 0 amide bonds. The molecule has 0 saturated heterocycles. The predicted octanol–water partition coefficient (Wildman–Crippen LogP) is 2.60. The van der Waals surface area contributed by atoms with Crippen LogP contribution in [0.1, 0.15) is 17.2 Å². The van der Waals surface area contributed by atoms with Crippen molar-refractivity contribution in [3.05, 3.63) is 53.9 Å². The number of imidazole rings is 1. The van der Waals surface area contributed by atoms with Gasteiger partial charge in [0.25, 0.3) is 5.89 Å². The Morgan fingerprint density at radius 3 is 2.79 bits per heavy atom. The van der Waals surface area contributed by atoms with E-state index in [1.54, 1.807) is 6.20 Å². The zero-order valence-electron chi connectivity index (χ0n) is 10.9. The van der Waals surface area contributed by atoms with Gasteiger partial charge in [0.15, 0.2) is 5.82 Å². The van der Waals surface area contributed by atoms with Crippen LogP contribution in [0.2, 0.25) is 0 Å². The molecule has 0 saturated carbocycles. The number of nitrogens with zero attached hydrogens (tertiary/aromatic N) is 4. The van der Waals surface area contributed by atoms with Crippen molar-refractivity contribution in [1.29, 1.82) is 0 Å². The van der Waals surface area contributed by atoms with Crippen LogP contribution in [0.4, 0.5) is 0 Å². The average Bonchev–Trinajstić information content (AvgIpc) is 3.01. The summed E-state index contributed by atoms with van der Waals surface area (Å²) < 4.78 is 7.30.